The summed E-state index contributed by atoms with van der Waals surface area (Å²) in [5.41, 5.74) is 5.94. The molecular weight excluding hydrogens is 434 g/mol. The van der Waals surface area contributed by atoms with E-state index in [1.807, 2.05) is 49.7 Å². The quantitative estimate of drug-likeness (QED) is 0.506. The minimum absolute atomic E-state index is 0.00299. The monoisotopic (exact) mass is 457 g/mol. The number of hydrogen-bond donors (Lipinski definition) is 1. The van der Waals surface area contributed by atoms with E-state index in [0.29, 0.717) is 0 Å². The molecule has 1 atom stereocenters. The van der Waals surface area contributed by atoms with Gasteiger partial charge in [-0.25, -0.2) is 4.68 Å². The van der Waals surface area contributed by atoms with E-state index in [1.54, 1.807) is 11.8 Å². The molecule has 0 saturated carbocycles. The van der Waals surface area contributed by atoms with Gasteiger partial charge in [0.1, 0.15) is 0 Å². The first kappa shape index (κ1) is 20.7. The minimum atomic E-state index is -0.162. The van der Waals surface area contributed by atoms with Crippen LogP contribution < -0.4 is 5.32 Å². The topological polar surface area (TPSA) is 46.9 Å². The Balaban J connectivity index is 1.67. The van der Waals surface area contributed by atoms with Gasteiger partial charge in [0, 0.05) is 10.2 Å². The van der Waals surface area contributed by atoms with Gasteiger partial charge in [-0.15, -0.1) is 11.8 Å². The molecule has 0 spiro atoms. The molecule has 0 radical (unpaired) electrons. The lowest BCUT2D eigenvalue weighted by Gasteiger charge is -2.13. The van der Waals surface area contributed by atoms with Gasteiger partial charge in [0.15, 0.2) is 0 Å². The van der Waals surface area contributed by atoms with Crippen LogP contribution >= 0.6 is 27.7 Å². The van der Waals surface area contributed by atoms with E-state index >= 15 is 0 Å². The van der Waals surface area contributed by atoms with Crippen LogP contribution in [0.15, 0.2) is 53.0 Å². The summed E-state index contributed by atoms with van der Waals surface area (Å²) >= 11 is 5.07. The molecule has 0 unspecified atom stereocenters. The number of rotatable bonds is 6. The van der Waals surface area contributed by atoms with Crippen molar-refractivity contribution >= 4 is 39.3 Å². The van der Waals surface area contributed by atoms with Crippen molar-refractivity contribution < 1.29 is 4.79 Å². The van der Waals surface area contributed by atoms with Crippen LogP contribution in [0, 0.1) is 20.8 Å². The van der Waals surface area contributed by atoms with E-state index in [9.17, 15) is 4.79 Å². The molecule has 6 heteroatoms. The van der Waals surface area contributed by atoms with Crippen molar-refractivity contribution in [3.05, 3.63) is 75.5 Å². The zero-order chi connectivity index (χ0) is 20.3. The molecule has 3 aromatic rings. The van der Waals surface area contributed by atoms with E-state index in [0.717, 1.165) is 33.0 Å². The number of aromatic nitrogens is 2. The fraction of sp³-hybridized carbons (Fsp3) is 0.273. The van der Waals surface area contributed by atoms with Gasteiger partial charge in [0.25, 0.3) is 0 Å². The Morgan fingerprint density at radius 2 is 1.75 bits per heavy atom. The Bertz CT molecular complexity index is 965. The maximum atomic E-state index is 12.7. The number of carbonyl (C=O) groups is 1. The Hall–Kier alpha value is -2.05. The SMILES string of the molecule is Cc1ccc(-n2nc(C)c(NC(=O)[C@@H](C)SCc3ccc(Br)cc3)c2C)cc1. The molecular formula is C22H24BrN3OS. The molecule has 1 heterocycles. The molecule has 1 amide bonds. The Morgan fingerprint density at radius 1 is 1.11 bits per heavy atom. The van der Waals surface area contributed by atoms with Gasteiger partial charge in [0.05, 0.1) is 28.0 Å². The molecule has 1 N–H and O–H groups in total. The van der Waals surface area contributed by atoms with Crippen molar-refractivity contribution in [2.24, 2.45) is 0 Å². The summed E-state index contributed by atoms with van der Waals surface area (Å²) in [6.45, 7) is 7.90. The normalized spacial score (nSPS) is 12.0. The lowest BCUT2D eigenvalue weighted by atomic mass is 10.2. The Labute approximate surface area is 178 Å². The number of amides is 1. The summed E-state index contributed by atoms with van der Waals surface area (Å²) in [5, 5.41) is 7.53. The number of hydrogen-bond acceptors (Lipinski definition) is 3. The molecule has 0 aliphatic rings. The van der Waals surface area contributed by atoms with Crippen LogP contribution in [-0.2, 0) is 10.5 Å². The average molecular weight is 458 g/mol. The minimum Gasteiger partial charge on any atom is -0.322 e. The number of benzene rings is 2. The van der Waals surface area contributed by atoms with E-state index < -0.39 is 0 Å². The number of nitrogens with zero attached hydrogens (tertiary/aromatic N) is 2. The lowest BCUT2D eigenvalue weighted by Crippen LogP contribution is -2.23. The van der Waals surface area contributed by atoms with Crippen molar-refractivity contribution in [2.45, 2.75) is 38.7 Å². The van der Waals surface area contributed by atoms with Crippen molar-refractivity contribution in [1.29, 1.82) is 0 Å². The second-order valence-electron chi connectivity index (χ2n) is 6.86. The number of carbonyl (C=O) groups excluding carboxylic acids is 1. The molecule has 3 rings (SSSR count). The predicted molar refractivity (Wildman–Crippen MR) is 121 cm³/mol. The molecule has 0 bridgehead atoms. The third-order valence-corrected chi connectivity index (χ3v) is 6.34. The van der Waals surface area contributed by atoms with Crippen LogP contribution in [0.1, 0.15) is 29.4 Å². The van der Waals surface area contributed by atoms with Gasteiger partial charge < -0.3 is 5.32 Å². The van der Waals surface area contributed by atoms with Crippen molar-refractivity contribution in [3.63, 3.8) is 0 Å². The zero-order valence-corrected chi connectivity index (χ0v) is 18.9. The highest BCUT2D eigenvalue weighted by Crippen LogP contribution is 2.25. The molecule has 0 fully saturated rings. The summed E-state index contributed by atoms with van der Waals surface area (Å²) in [6.07, 6.45) is 0. The van der Waals surface area contributed by atoms with Gasteiger partial charge in [-0.3, -0.25) is 4.79 Å². The smallest absolute Gasteiger partial charge is 0.237 e. The Morgan fingerprint density at radius 3 is 2.39 bits per heavy atom. The van der Waals surface area contributed by atoms with Gasteiger partial charge in [-0.1, -0.05) is 45.8 Å². The van der Waals surface area contributed by atoms with Crippen LogP contribution in [0.4, 0.5) is 5.69 Å². The number of anilines is 1. The lowest BCUT2D eigenvalue weighted by molar-refractivity contribution is -0.115. The number of thioether (sulfide) groups is 1. The van der Waals surface area contributed by atoms with Crippen molar-refractivity contribution in [1.82, 2.24) is 9.78 Å². The predicted octanol–water partition coefficient (Wildman–Crippen LogP) is 5.82. The van der Waals surface area contributed by atoms with Gasteiger partial charge >= 0.3 is 0 Å². The fourth-order valence-electron chi connectivity index (χ4n) is 2.86. The van der Waals surface area contributed by atoms with E-state index in [-0.39, 0.29) is 11.2 Å². The summed E-state index contributed by atoms with van der Waals surface area (Å²) in [4.78, 5) is 12.7. The highest BCUT2D eigenvalue weighted by Gasteiger charge is 2.19. The summed E-state index contributed by atoms with van der Waals surface area (Å²) in [7, 11) is 0. The maximum Gasteiger partial charge on any atom is 0.237 e. The van der Waals surface area contributed by atoms with Crippen molar-refractivity contribution in [3.8, 4) is 5.69 Å². The number of nitrogens with one attached hydrogen (secondary N) is 1. The third kappa shape index (κ3) is 4.86. The second-order valence-corrected chi connectivity index (χ2v) is 9.11. The fourth-order valence-corrected chi connectivity index (χ4v) is 3.97. The third-order valence-electron chi connectivity index (χ3n) is 4.60. The van der Waals surface area contributed by atoms with E-state index in [2.05, 4.69) is 57.5 Å². The maximum absolute atomic E-state index is 12.7. The molecule has 0 saturated heterocycles. The largest absolute Gasteiger partial charge is 0.322 e. The van der Waals surface area contributed by atoms with Gasteiger partial charge in [-0.05, 0) is 57.5 Å². The van der Waals surface area contributed by atoms with Gasteiger partial charge in [0.2, 0.25) is 5.91 Å². The van der Waals surface area contributed by atoms with Crippen LogP contribution in [-0.4, -0.2) is 20.9 Å². The number of aryl methyl sites for hydroxylation is 2. The Kier molecular flexibility index (Phi) is 6.62. The van der Waals surface area contributed by atoms with E-state index in [4.69, 9.17) is 0 Å². The highest BCUT2D eigenvalue weighted by molar-refractivity contribution is 9.10. The summed E-state index contributed by atoms with van der Waals surface area (Å²) in [6, 6.07) is 16.4. The first-order valence-electron chi connectivity index (χ1n) is 9.15. The highest BCUT2D eigenvalue weighted by atomic mass is 79.9. The van der Waals surface area contributed by atoms with Crippen LogP contribution in [0.3, 0.4) is 0 Å². The molecule has 0 aliphatic heterocycles. The summed E-state index contributed by atoms with van der Waals surface area (Å²) in [5.74, 6) is 0.791. The summed E-state index contributed by atoms with van der Waals surface area (Å²) < 4.78 is 2.94. The molecule has 0 aliphatic carbocycles. The molecule has 2 aromatic carbocycles. The van der Waals surface area contributed by atoms with Crippen molar-refractivity contribution in [2.75, 3.05) is 5.32 Å². The number of halogens is 1. The second kappa shape index (κ2) is 8.97. The molecule has 28 heavy (non-hydrogen) atoms. The molecule has 146 valence electrons. The standard InChI is InChI=1S/C22H24BrN3OS/c1-14-5-11-20(12-6-14)26-16(3)21(15(2)25-26)24-22(27)17(4)28-13-18-7-9-19(23)10-8-18/h5-12,17H,13H2,1-4H3,(H,24,27)/t17-/m1/s1. The van der Waals surface area contributed by atoms with Gasteiger partial charge in [-0.2, -0.15) is 5.10 Å². The average Bonchev–Trinajstić information content (AvgIpc) is 2.96. The van der Waals surface area contributed by atoms with E-state index in [1.165, 1.54) is 11.1 Å². The molecule has 1 aromatic heterocycles. The molecule has 4 nitrogen and oxygen atoms in total. The first-order valence-corrected chi connectivity index (χ1v) is 11.0. The first-order chi connectivity index (χ1) is 13.3. The van der Waals surface area contributed by atoms with Crippen LogP contribution in [0.5, 0.6) is 0 Å². The van der Waals surface area contributed by atoms with Crippen LogP contribution in [0.2, 0.25) is 0 Å². The zero-order valence-electron chi connectivity index (χ0n) is 16.5. The van der Waals surface area contributed by atoms with Crippen LogP contribution in [0.25, 0.3) is 5.69 Å².